The lowest BCUT2D eigenvalue weighted by Gasteiger charge is -2.34. The molecule has 1 fully saturated rings. The fraction of sp³-hybridized carbons (Fsp3) is 0.500. The summed E-state index contributed by atoms with van der Waals surface area (Å²) in [6.45, 7) is 3.28. The van der Waals surface area contributed by atoms with Gasteiger partial charge in [0.1, 0.15) is 6.04 Å². The van der Waals surface area contributed by atoms with Crippen molar-refractivity contribution in [2.45, 2.75) is 38.1 Å². The van der Waals surface area contributed by atoms with Gasteiger partial charge >= 0.3 is 0 Å². The third-order valence-electron chi connectivity index (χ3n) is 4.95. The van der Waals surface area contributed by atoms with Crippen LogP contribution in [-0.4, -0.2) is 40.8 Å². The summed E-state index contributed by atoms with van der Waals surface area (Å²) in [4.78, 5) is 14.8. The summed E-state index contributed by atoms with van der Waals surface area (Å²) in [5, 5.41) is 7.96. The zero-order chi connectivity index (χ0) is 16.5. The molecule has 0 N–H and O–H groups in total. The van der Waals surface area contributed by atoms with Gasteiger partial charge < -0.3 is 14.1 Å². The normalized spacial score (nSPS) is 23.3. The molecule has 2 atom stereocenters. The number of ether oxygens (including phenoxy) is 1. The van der Waals surface area contributed by atoms with Gasteiger partial charge in [-0.2, -0.15) is 0 Å². The standard InChI is InChI=1S/C18H21N3O3/c1-12-19-20-18(24-12)16-11-23-9-8-21(16)17(22)10-14-7-6-13-4-2-3-5-15(13)14/h2-5,14,16H,6-11H2,1H3/t14-,16+/m0/s1. The Bertz CT molecular complexity index is 743. The first-order chi connectivity index (χ1) is 11.7. The van der Waals surface area contributed by atoms with Gasteiger partial charge in [0.15, 0.2) is 0 Å². The van der Waals surface area contributed by atoms with Crippen LogP contribution >= 0.6 is 0 Å². The average Bonchev–Trinajstić information content (AvgIpc) is 3.22. The summed E-state index contributed by atoms with van der Waals surface area (Å²) in [6, 6.07) is 8.17. The van der Waals surface area contributed by atoms with E-state index in [1.165, 1.54) is 11.1 Å². The maximum Gasteiger partial charge on any atom is 0.241 e. The minimum absolute atomic E-state index is 0.140. The average molecular weight is 327 g/mol. The summed E-state index contributed by atoms with van der Waals surface area (Å²) in [5.41, 5.74) is 2.70. The van der Waals surface area contributed by atoms with Gasteiger partial charge in [0.2, 0.25) is 17.7 Å². The molecule has 1 saturated heterocycles. The van der Waals surface area contributed by atoms with E-state index >= 15 is 0 Å². The number of fused-ring (bicyclic) bond motifs is 1. The fourth-order valence-electron chi connectivity index (χ4n) is 3.74. The molecule has 1 aliphatic carbocycles. The zero-order valence-corrected chi connectivity index (χ0v) is 13.8. The van der Waals surface area contributed by atoms with Crippen molar-refractivity contribution in [1.29, 1.82) is 0 Å². The van der Waals surface area contributed by atoms with E-state index in [0.717, 1.165) is 12.8 Å². The molecule has 2 aliphatic rings. The lowest BCUT2D eigenvalue weighted by atomic mass is 9.97. The van der Waals surface area contributed by atoms with Crippen molar-refractivity contribution >= 4 is 5.91 Å². The highest BCUT2D eigenvalue weighted by Crippen LogP contribution is 2.36. The maximum absolute atomic E-state index is 12.9. The zero-order valence-electron chi connectivity index (χ0n) is 13.8. The molecule has 0 radical (unpaired) electrons. The second kappa shape index (κ2) is 6.36. The molecule has 1 amide bonds. The molecule has 0 unspecified atom stereocenters. The number of benzene rings is 1. The molecular formula is C18H21N3O3. The summed E-state index contributed by atoms with van der Waals surface area (Å²) in [5.74, 6) is 1.42. The molecule has 0 bridgehead atoms. The predicted octanol–water partition coefficient (Wildman–Crippen LogP) is 2.40. The van der Waals surface area contributed by atoms with Gasteiger partial charge in [0, 0.05) is 19.9 Å². The van der Waals surface area contributed by atoms with E-state index < -0.39 is 0 Å². The van der Waals surface area contributed by atoms with Gasteiger partial charge in [-0.15, -0.1) is 10.2 Å². The molecule has 1 aromatic carbocycles. The number of nitrogens with zero attached hydrogens (tertiary/aromatic N) is 3. The highest BCUT2D eigenvalue weighted by atomic mass is 16.5. The van der Waals surface area contributed by atoms with Gasteiger partial charge in [-0.05, 0) is 29.9 Å². The summed E-state index contributed by atoms with van der Waals surface area (Å²) >= 11 is 0. The molecule has 6 heteroatoms. The van der Waals surface area contributed by atoms with Crippen LogP contribution in [0.15, 0.2) is 28.7 Å². The Kier molecular flexibility index (Phi) is 4.06. The van der Waals surface area contributed by atoms with E-state index in [-0.39, 0.29) is 11.9 Å². The van der Waals surface area contributed by atoms with Crippen molar-refractivity contribution in [1.82, 2.24) is 15.1 Å². The van der Waals surface area contributed by atoms with Crippen LogP contribution in [-0.2, 0) is 16.0 Å². The van der Waals surface area contributed by atoms with Gasteiger partial charge in [0.25, 0.3) is 0 Å². The minimum Gasteiger partial charge on any atom is -0.423 e. The number of aryl methyl sites for hydroxylation is 2. The second-order valence-electron chi connectivity index (χ2n) is 6.48. The van der Waals surface area contributed by atoms with Crippen LogP contribution in [0.4, 0.5) is 0 Å². The van der Waals surface area contributed by atoms with Crippen molar-refractivity contribution in [2.75, 3.05) is 19.8 Å². The molecule has 4 rings (SSSR count). The highest BCUT2D eigenvalue weighted by Gasteiger charge is 2.34. The molecule has 1 aromatic heterocycles. The van der Waals surface area contributed by atoms with Gasteiger partial charge in [-0.1, -0.05) is 24.3 Å². The first-order valence-corrected chi connectivity index (χ1v) is 8.47. The van der Waals surface area contributed by atoms with Crippen LogP contribution < -0.4 is 0 Å². The summed E-state index contributed by atoms with van der Waals surface area (Å²) in [6.07, 6.45) is 2.63. The smallest absolute Gasteiger partial charge is 0.241 e. The minimum atomic E-state index is -0.274. The molecule has 0 saturated carbocycles. The Morgan fingerprint density at radius 1 is 1.33 bits per heavy atom. The van der Waals surface area contributed by atoms with Crippen LogP contribution in [0.5, 0.6) is 0 Å². The van der Waals surface area contributed by atoms with E-state index in [4.69, 9.17) is 9.15 Å². The molecule has 6 nitrogen and oxygen atoms in total. The van der Waals surface area contributed by atoms with Crippen LogP contribution in [0.3, 0.4) is 0 Å². The van der Waals surface area contributed by atoms with Gasteiger partial charge in [-0.3, -0.25) is 4.79 Å². The van der Waals surface area contributed by atoms with E-state index in [1.807, 2.05) is 4.90 Å². The molecule has 1 aliphatic heterocycles. The number of hydrogen-bond acceptors (Lipinski definition) is 5. The maximum atomic E-state index is 12.9. The Hall–Kier alpha value is -2.21. The van der Waals surface area contributed by atoms with E-state index in [0.29, 0.717) is 43.9 Å². The summed E-state index contributed by atoms with van der Waals surface area (Å²) in [7, 11) is 0. The Labute approximate surface area is 140 Å². The number of carbonyl (C=O) groups excluding carboxylic acids is 1. The van der Waals surface area contributed by atoms with Crippen molar-refractivity contribution in [3.8, 4) is 0 Å². The Morgan fingerprint density at radius 2 is 2.21 bits per heavy atom. The molecule has 126 valence electrons. The quantitative estimate of drug-likeness (QED) is 0.866. The first kappa shape index (κ1) is 15.3. The Morgan fingerprint density at radius 3 is 3.04 bits per heavy atom. The lowest BCUT2D eigenvalue weighted by Crippen LogP contribution is -2.43. The first-order valence-electron chi connectivity index (χ1n) is 8.47. The molecular weight excluding hydrogens is 306 g/mol. The highest BCUT2D eigenvalue weighted by molar-refractivity contribution is 5.78. The van der Waals surface area contributed by atoms with Crippen molar-refractivity contribution in [3.63, 3.8) is 0 Å². The lowest BCUT2D eigenvalue weighted by molar-refractivity contribution is -0.141. The third-order valence-corrected chi connectivity index (χ3v) is 4.95. The van der Waals surface area contributed by atoms with E-state index in [1.54, 1.807) is 6.92 Å². The SMILES string of the molecule is Cc1nnc([C@H]2COCCN2C(=O)C[C@@H]2CCc3ccccc32)o1. The Balaban J connectivity index is 1.50. The predicted molar refractivity (Wildman–Crippen MR) is 86.4 cm³/mol. The van der Waals surface area contributed by atoms with Crippen molar-refractivity contribution in [3.05, 3.63) is 47.2 Å². The number of carbonyl (C=O) groups is 1. The number of hydrogen-bond donors (Lipinski definition) is 0. The largest absolute Gasteiger partial charge is 0.423 e. The fourth-order valence-corrected chi connectivity index (χ4v) is 3.74. The van der Waals surface area contributed by atoms with Crippen LogP contribution in [0.25, 0.3) is 0 Å². The number of rotatable bonds is 3. The second-order valence-corrected chi connectivity index (χ2v) is 6.48. The van der Waals surface area contributed by atoms with E-state index in [2.05, 4.69) is 34.5 Å². The molecule has 24 heavy (non-hydrogen) atoms. The van der Waals surface area contributed by atoms with Gasteiger partial charge in [0.05, 0.1) is 13.2 Å². The topological polar surface area (TPSA) is 68.5 Å². The molecule has 0 spiro atoms. The monoisotopic (exact) mass is 327 g/mol. The van der Waals surface area contributed by atoms with E-state index in [9.17, 15) is 4.79 Å². The summed E-state index contributed by atoms with van der Waals surface area (Å²) < 4.78 is 11.1. The number of morpholine rings is 1. The molecule has 2 aromatic rings. The van der Waals surface area contributed by atoms with Crippen molar-refractivity contribution in [2.24, 2.45) is 0 Å². The number of amides is 1. The van der Waals surface area contributed by atoms with Crippen LogP contribution in [0.2, 0.25) is 0 Å². The third kappa shape index (κ3) is 2.82. The van der Waals surface area contributed by atoms with Gasteiger partial charge in [-0.25, -0.2) is 0 Å². The number of aromatic nitrogens is 2. The van der Waals surface area contributed by atoms with Crippen LogP contribution in [0, 0.1) is 6.92 Å². The van der Waals surface area contributed by atoms with Crippen molar-refractivity contribution < 1.29 is 13.9 Å². The van der Waals surface area contributed by atoms with Crippen LogP contribution in [0.1, 0.15) is 47.7 Å². The molecule has 2 heterocycles.